The molecule has 0 spiro atoms. The van der Waals surface area contributed by atoms with Gasteiger partial charge in [-0.2, -0.15) is 0 Å². The van der Waals surface area contributed by atoms with Gasteiger partial charge in [0.15, 0.2) is 0 Å². The topological polar surface area (TPSA) is 89.7 Å². The zero-order valence-electron chi connectivity index (χ0n) is 13.7. The van der Waals surface area contributed by atoms with E-state index in [-0.39, 0.29) is 24.5 Å². The number of nitrogens with two attached hydrogens (primary N) is 1. The number of benzene rings is 1. The molecule has 132 valence electrons. The molecule has 1 aromatic carbocycles. The van der Waals surface area contributed by atoms with Crippen molar-refractivity contribution in [2.45, 2.75) is 44.8 Å². The van der Waals surface area contributed by atoms with Gasteiger partial charge in [0.25, 0.3) is 0 Å². The third-order valence-electron chi connectivity index (χ3n) is 5.26. The van der Waals surface area contributed by atoms with Crippen molar-refractivity contribution in [2.75, 3.05) is 12.3 Å². The van der Waals surface area contributed by atoms with Crippen molar-refractivity contribution in [1.82, 2.24) is 4.90 Å². The summed E-state index contributed by atoms with van der Waals surface area (Å²) in [4.78, 5) is 14.2. The molecule has 6 nitrogen and oxygen atoms in total. The summed E-state index contributed by atoms with van der Waals surface area (Å²) in [7, 11) is -3.57. The zero-order chi connectivity index (χ0) is 17.2. The molecule has 0 aromatic heterocycles. The second-order valence-corrected chi connectivity index (χ2v) is 8.53. The lowest BCUT2D eigenvalue weighted by atomic mass is 9.72. The number of fused-ring (bicyclic) bond motifs is 1. The Morgan fingerprint density at radius 1 is 1.25 bits per heavy atom. The highest BCUT2D eigenvalue weighted by atomic mass is 32.2. The normalized spacial score (nSPS) is 26.9. The Morgan fingerprint density at radius 3 is 2.71 bits per heavy atom. The fourth-order valence-corrected chi connectivity index (χ4v) is 5.51. The molecule has 1 heterocycles. The molecule has 1 amide bonds. The van der Waals surface area contributed by atoms with E-state index in [1.54, 1.807) is 4.90 Å². The summed E-state index contributed by atoms with van der Waals surface area (Å²) in [6.07, 6.45) is 3.92. The van der Waals surface area contributed by atoms with Gasteiger partial charge in [-0.15, -0.1) is 0 Å². The largest absolute Gasteiger partial charge is 0.445 e. The SMILES string of the molecule is NS(=O)(=O)CC12CCCCC1N(C(=O)OCc1ccccc1)CC2. The predicted octanol–water partition coefficient (Wildman–Crippen LogP) is 2.25. The van der Waals surface area contributed by atoms with Gasteiger partial charge in [0.05, 0.1) is 5.75 Å². The van der Waals surface area contributed by atoms with E-state index < -0.39 is 15.4 Å². The van der Waals surface area contributed by atoms with E-state index in [1.807, 2.05) is 30.3 Å². The van der Waals surface area contributed by atoms with E-state index in [0.29, 0.717) is 13.0 Å². The maximum Gasteiger partial charge on any atom is 0.410 e. The molecule has 1 aliphatic carbocycles. The fraction of sp³-hybridized carbons (Fsp3) is 0.588. The lowest BCUT2D eigenvalue weighted by Gasteiger charge is -2.40. The van der Waals surface area contributed by atoms with Crippen LogP contribution in [0.15, 0.2) is 30.3 Å². The molecule has 2 fully saturated rings. The Morgan fingerprint density at radius 2 is 2.00 bits per heavy atom. The molecule has 3 rings (SSSR count). The van der Waals surface area contributed by atoms with E-state index in [9.17, 15) is 13.2 Å². The van der Waals surface area contributed by atoms with E-state index in [2.05, 4.69) is 0 Å². The number of amides is 1. The number of carbonyl (C=O) groups excluding carboxylic acids is 1. The van der Waals surface area contributed by atoms with Gasteiger partial charge >= 0.3 is 6.09 Å². The Hall–Kier alpha value is -1.60. The number of carbonyl (C=O) groups is 1. The number of hydrogen-bond acceptors (Lipinski definition) is 4. The number of likely N-dealkylation sites (tertiary alicyclic amines) is 1. The van der Waals surface area contributed by atoms with E-state index in [0.717, 1.165) is 31.2 Å². The van der Waals surface area contributed by atoms with Crippen LogP contribution in [0.2, 0.25) is 0 Å². The van der Waals surface area contributed by atoms with Crippen molar-refractivity contribution in [3.05, 3.63) is 35.9 Å². The Labute approximate surface area is 143 Å². The number of nitrogens with zero attached hydrogens (tertiary/aromatic N) is 1. The highest BCUT2D eigenvalue weighted by Crippen LogP contribution is 2.47. The smallest absolute Gasteiger partial charge is 0.410 e. The molecule has 7 heteroatoms. The molecule has 2 N–H and O–H groups in total. The Kier molecular flexibility index (Phi) is 4.83. The maximum absolute atomic E-state index is 12.5. The van der Waals surface area contributed by atoms with E-state index >= 15 is 0 Å². The number of rotatable bonds is 4. The van der Waals surface area contributed by atoms with E-state index in [1.165, 1.54) is 0 Å². The monoisotopic (exact) mass is 352 g/mol. The standard InChI is InChI=1S/C17H24N2O4S/c18-24(21,22)13-17-9-5-4-8-15(17)19(11-10-17)16(20)23-12-14-6-2-1-3-7-14/h1-3,6-7,15H,4-5,8-13H2,(H2,18,21,22). The zero-order valence-corrected chi connectivity index (χ0v) is 14.5. The van der Waals surface area contributed by atoms with Crippen molar-refractivity contribution in [3.63, 3.8) is 0 Å². The molecule has 2 aliphatic rings. The van der Waals surface area contributed by atoms with Crippen LogP contribution in [-0.4, -0.2) is 37.8 Å². The minimum Gasteiger partial charge on any atom is -0.445 e. The summed E-state index contributed by atoms with van der Waals surface area (Å²) < 4.78 is 28.8. The molecule has 24 heavy (non-hydrogen) atoms. The molecule has 0 radical (unpaired) electrons. The first-order chi connectivity index (χ1) is 11.4. The molecule has 2 unspecified atom stereocenters. The number of primary sulfonamides is 1. The summed E-state index contributed by atoms with van der Waals surface area (Å²) in [6.45, 7) is 0.763. The first-order valence-electron chi connectivity index (χ1n) is 8.37. The summed E-state index contributed by atoms with van der Waals surface area (Å²) in [5.41, 5.74) is 0.530. The second kappa shape index (κ2) is 6.72. The van der Waals surface area contributed by atoms with Crippen LogP contribution in [-0.2, 0) is 21.4 Å². The summed E-state index contributed by atoms with van der Waals surface area (Å²) >= 11 is 0. The predicted molar refractivity (Wildman–Crippen MR) is 90.6 cm³/mol. The molecule has 1 saturated carbocycles. The number of ether oxygens (including phenoxy) is 1. The van der Waals surface area contributed by atoms with Crippen LogP contribution in [0.4, 0.5) is 4.79 Å². The highest BCUT2D eigenvalue weighted by Gasteiger charge is 2.52. The van der Waals surface area contributed by atoms with Gasteiger partial charge in [0, 0.05) is 18.0 Å². The highest BCUT2D eigenvalue weighted by molar-refractivity contribution is 7.89. The van der Waals surface area contributed by atoms with Crippen LogP contribution in [0.5, 0.6) is 0 Å². The molecule has 1 saturated heterocycles. The first-order valence-corrected chi connectivity index (χ1v) is 10.1. The van der Waals surface area contributed by atoms with E-state index in [4.69, 9.17) is 9.88 Å². The van der Waals surface area contributed by atoms with Crippen molar-refractivity contribution in [2.24, 2.45) is 10.6 Å². The lowest BCUT2D eigenvalue weighted by Crippen LogP contribution is -2.48. The average Bonchev–Trinajstić information content (AvgIpc) is 2.90. The quantitative estimate of drug-likeness (QED) is 0.900. The van der Waals surface area contributed by atoms with Gasteiger partial charge in [-0.1, -0.05) is 43.2 Å². The van der Waals surface area contributed by atoms with Gasteiger partial charge in [0.2, 0.25) is 10.0 Å². The minimum atomic E-state index is -3.57. The summed E-state index contributed by atoms with van der Waals surface area (Å²) in [5, 5.41) is 5.31. The van der Waals surface area contributed by atoms with Crippen LogP contribution in [0, 0.1) is 5.41 Å². The first kappa shape index (κ1) is 17.2. The van der Waals surface area contributed by atoms with Gasteiger partial charge in [-0.25, -0.2) is 18.4 Å². The van der Waals surface area contributed by atoms with Gasteiger partial charge in [0.1, 0.15) is 6.61 Å². The van der Waals surface area contributed by atoms with Crippen molar-refractivity contribution >= 4 is 16.1 Å². The van der Waals surface area contributed by atoms with Gasteiger partial charge in [-0.05, 0) is 24.8 Å². The van der Waals surface area contributed by atoms with Crippen LogP contribution in [0.1, 0.15) is 37.7 Å². The van der Waals surface area contributed by atoms with Crippen molar-refractivity contribution in [1.29, 1.82) is 0 Å². The minimum absolute atomic E-state index is 0.0485. The van der Waals surface area contributed by atoms with Crippen LogP contribution < -0.4 is 5.14 Å². The molecular weight excluding hydrogens is 328 g/mol. The maximum atomic E-state index is 12.5. The van der Waals surface area contributed by atoms with Gasteiger partial charge < -0.3 is 9.64 Å². The third-order valence-corrected chi connectivity index (χ3v) is 6.24. The summed E-state index contributed by atoms with van der Waals surface area (Å²) in [5.74, 6) is -0.0485. The molecule has 0 bridgehead atoms. The number of hydrogen-bond donors (Lipinski definition) is 1. The van der Waals surface area contributed by atoms with Crippen LogP contribution >= 0.6 is 0 Å². The fourth-order valence-electron chi connectivity index (χ4n) is 4.23. The lowest BCUT2D eigenvalue weighted by molar-refractivity contribution is 0.0673. The van der Waals surface area contributed by atoms with Crippen LogP contribution in [0.3, 0.4) is 0 Å². The average molecular weight is 352 g/mol. The van der Waals surface area contributed by atoms with Crippen molar-refractivity contribution < 1.29 is 17.9 Å². The Balaban J connectivity index is 1.69. The molecular formula is C17H24N2O4S. The molecule has 1 aromatic rings. The van der Waals surface area contributed by atoms with Crippen LogP contribution in [0.25, 0.3) is 0 Å². The second-order valence-electron chi connectivity index (χ2n) is 6.91. The third kappa shape index (κ3) is 3.72. The number of sulfonamides is 1. The van der Waals surface area contributed by atoms with Crippen molar-refractivity contribution in [3.8, 4) is 0 Å². The summed E-state index contributed by atoms with van der Waals surface area (Å²) in [6, 6.07) is 9.43. The van der Waals surface area contributed by atoms with Gasteiger partial charge in [-0.3, -0.25) is 0 Å². The molecule has 2 atom stereocenters. The molecule has 1 aliphatic heterocycles. The Bertz CT molecular complexity index is 692.